The first kappa shape index (κ1) is 26.8. The summed E-state index contributed by atoms with van der Waals surface area (Å²) in [4.78, 5) is 38.5. The van der Waals surface area contributed by atoms with Gasteiger partial charge < -0.3 is 21.3 Å². The van der Waals surface area contributed by atoms with E-state index in [1.807, 2.05) is 72.1 Å². The molecule has 5 rings (SSSR count). The molecule has 9 heteroatoms. The van der Waals surface area contributed by atoms with Gasteiger partial charge in [0, 0.05) is 23.5 Å². The van der Waals surface area contributed by atoms with Crippen LogP contribution in [0.3, 0.4) is 0 Å². The van der Waals surface area contributed by atoms with Crippen molar-refractivity contribution in [2.75, 3.05) is 13.1 Å². The highest BCUT2D eigenvalue weighted by Gasteiger charge is 2.33. The van der Waals surface area contributed by atoms with Gasteiger partial charge in [-0.05, 0) is 64.7 Å². The van der Waals surface area contributed by atoms with Crippen molar-refractivity contribution >= 4 is 50.4 Å². The third-order valence-electron chi connectivity index (χ3n) is 7.29. The standard InChI is InChI=1S/C30H33N5O3S/c31-30(33-19-36,17-24-18-39-27-8-4-3-7-25(24)27)35-29(38)26(34-28(37)22-11-13-32-14-12-22)16-20-9-10-21-5-1-2-6-23(21)15-20/h1-10,15,18-19,22,26,32H,11-14,16-17,31H2,(H,33,36)(H,34,37)(H,35,38)/t26-,30+/m1/s1. The van der Waals surface area contributed by atoms with Crippen LogP contribution in [0.4, 0.5) is 0 Å². The molecule has 1 fully saturated rings. The smallest absolute Gasteiger partial charge is 0.245 e. The summed E-state index contributed by atoms with van der Waals surface area (Å²) in [5, 5.41) is 16.8. The lowest BCUT2D eigenvalue weighted by atomic mass is 9.95. The maximum atomic E-state index is 13.7. The monoisotopic (exact) mass is 543 g/mol. The van der Waals surface area contributed by atoms with E-state index in [-0.39, 0.29) is 24.7 Å². The Morgan fingerprint density at radius 2 is 1.79 bits per heavy atom. The Labute approximate surface area is 231 Å². The Morgan fingerprint density at radius 3 is 2.59 bits per heavy atom. The molecule has 1 saturated heterocycles. The zero-order valence-electron chi connectivity index (χ0n) is 21.6. The highest BCUT2D eigenvalue weighted by molar-refractivity contribution is 7.17. The van der Waals surface area contributed by atoms with E-state index in [1.54, 1.807) is 11.3 Å². The minimum atomic E-state index is -1.54. The molecule has 3 amide bonds. The van der Waals surface area contributed by atoms with Gasteiger partial charge in [0.15, 0.2) is 5.79 Å². The number of benzene rings is 3. The van der Waals surface area contributed by atoms with Crippen molar-refractivity contribution in [1.82, 2.24) is 21.3 Å². The average Bonchev–Trinajstić information content (AvgIpc) is 3.35. The van der Waals surface area contributed by atoms with E-state index in [2.05, 4.69) is 21.3 Å². The number of carbonyl (C=O) groups excluding carboxylic acids is 3. The Balaban J connectivity index is 1.39. The van der Waals surface area contributed by atoms with E-state index < -0.39 is 17.7 Å². The predicted molar refractivity (Wildman–Crippen MR) is 155 cm³/mol. The normalized spacial score (nSPS) is 16.3. The minimum absolute atomic E-state index is 0.146. The molecule has 202 valence electrons. The lowest BCUT2D eigenvalue weighted by Crippen LogP contribution is -2.69. The van der Waals surface area contributed by atoms with Crippen LogP contribution >= 0.6 is 11.3 Å². The second-order valence-electron chi connectivity index (χ2n) is 10.1. The van der Waals surface area contributed by atoms with Gasteiger partial charge in [0.25, 0.3) is 0 Å². The largest absolute Gasteiger partial charge is 0.344 e. The van der Waals surface area contributed by atoms with Gasteiger partial charge in [-0.3, -0.25) is 20.1 Å². The third kappa shape index (κ3) is 6.44. The molecule has 2 heterocycles. The lowest BCUT2D eigenvalue weighted by Gasteiger charge is -2.32. The van der Waals surface area contributed by atoms with Crippen LogP contribution in [0.15, 0.2) is 72.1 Å². The topological polar surface area (TPSA) is 125 Å². The van der Waals surface area contributed by atoms with Crippen molar-refractivity contribution in [2.45, 2.75) is 37.5 Å². The molecular formula is C30H33N5O3S. The van der Waals surface area contributed by atoms with Crippen molar-refractivity contribution in [3.8, 4) is 0 Å². The summed E-state index contributed by atoms with van der Waals surface area (Å²) in [6, 6.07) is 21.1. The van der Waals surface area contributed by atoms with E-state index in [9.17, 15) is 14.4 Å². The van der Waals surface area contributed by atoms with Gasteiger partial charge in [-0.1, -0.05) is 60.7 Å². The molecule has 0 spiro atoms. The van der Waals surface area contributed by atoms with Crippen LogP contribution in [0.2, 0.25) is 0 Å². The van der Waals surface area contributed by atoms with Crippen molar-refractivity contribution in [2.24, 2.45) is 11.7 Å². The fourth-order valence-electron chi connectivity index (χ4n) is 5.20. The highest BCUT2D eigenvalue weighted by atomic mass is 32.1. The molecule has 39 heavy (non-hydrogen) atoms. The van der Waals surface area contributed by atoms with Crippen molar-refractivity contribution in [1.29, 1.82) is 0 Å². The second-order valence-corrected chi connectivity index (χ2v) is 11.0. The molecule has 6 N–H and O–H groups in total. The Bertz CT molecular complexity index is 1480. The summed E-state index contributed by atoms with van der Waals surface area (Å²) >= 11 is 1.58. The predicted octanol–water partition coefficient (Wildman–Crippen LogP) is 2.80. The molecule has 1 aromatic heterocycles. The lowest BCUT2D eigenvalue weighted by molar-refractivity contribution is -0.133. The van der Waals surface area contributed by atoms with E-state index >= 15 is 0 Å². The Kier molecular flexibility index (Phi) is 8.21. The van der Waals surface area contributed by atoms with Gasteiger partial charge in [0.1, 0.15) is 6.04 Å². The number of carbonyl (C=O) groups is 3. The number of hydrogen-bond donors (Lipinski definition) is 5. The average molecular weight is 544 g/mol. The number of nitrogens with one attached hydrogen (secondary N) is 4. The number of nitrogens with two attached hydrogens (primary N) is 1. The van der Waals surface area contributed by atoms with Gasteiger partial charge in [-0.2, -0.15) is 0 Å². The molecule has 2 atom stereocenters. The molecule has 0 aliphatic carbocycles. The number of amides is 3. The molecule has 0 saturated carbocycles. The maximum absolute atomic E-state index is 13.7. The van der Waals surface area contributed by atoms with E-state index in [1.165, 1.54) is 0 Å². The van der Waals surface area contributed by atoms with Gasteiger partial charge in [0.05, 0.1) is 0 Å². The number of rotatable bonds is 10. The zero-order chi connectivity index (χ0) is 27.2. The quantitative estimate of drug-likeness (QED) is 0.155. The molecule has 1 aliphatic rings. The summed E-state index contributed by atoms with van der Waals surface area (Å²) in [6.07, 6.45) is 2.39. The summed E-state index contributed by atoms with van der Waals surface area (Å²) in [5.41, 5.74) is 8.41. The highest BCUT2D eigenvalue weighted by Crippen LogP contribution is 2.27. The van der Waals surface area contributed by atoms with Crippen LogP contribution in [0, 0.1) is 5.92 Å². The van der Waals surface area contributed by atoms with Crippen LogP contribution in [0.1, 0.15) is 24.0 Å². The van der Waals surface area contributed by atoms with Crippen LogP contribution in [-0.2, 0) is 27.2 Å². The molecule has 0 unspecified atom stereocenters. The summed E-state index contributed by atoms with van der Waals surface area (Å²) < 4.78 is 1.09. The molecular weight excluding hydrogens is 510 g/mol. The fourth-order valence-corrected chi connectivity index (χ4v) is 6.16. The maximum Gasteiger partial charge on any atom is 0.245 e. The van der Waals surface area contributed by atoms with Gasteiger partial charge >= 0.3 is 0 Å². The third-order valence-corrected chi connectivity index (χ3v) is 8.30. The summed E-state index contributed by atoms with van der Waals surface area (Å²) in [7, 11) is 0. The minimum Gasteiger partial charge on any atom is -0.344 e. The number of piperidine rings is 1. The molecule has 4 aromatic rings. The van der Waals surface area contributed by atoms with E-state index in [0.29, 0.717) is 6.41 Å². The van der Waals surface area contributed by atoms with Gasteiger partial charge in [0.2, 0.25) is 18.2 Å². The first-order valence-corrected chi connectivity index (χ1v) is 14.1. The van der Waals surface area contributed by atoms with Crippen LogP contribution in [0.25, 0.3) is 20.9 Å². The molecule has 8 nitrogen and oxygen atoms in total. The number of hydrogen-bond acceptors (Lipinski definition) is 6. The Hall–Kier alpha value is -3.79. The van der Waals surface area contributed by atoms with E-state index in [0.717, 1.165) is 57.9 Å². The van der Waals surface area contributed by atoms with E-state index in [4.69, 9.17) is 5.73 Å². The molecule has 3 aromatic carbocycles. The summed E-state index contributed by atoms with van der Waals surface area (Å²) in [6.45, 7) is 1.53. The van der Waals surface area contributed by atoms with Crippen LogP contribution < -0.4 is 27.0 Å². The van der Waals surface area contributed by atoms with Crippen molar-refractivity contribution < 1.29 is 14.4 Å². The number of thiophene rings is 1. The SMILES string of the molecule is N[C@@](Cc1csc2ccccc12)(NC=O)NC(=O)[C@@H](Cc1ccc2ccccc2c1)NC(=O)C1CCNCC1. The van der Waals surface area contributed by atoms with Gasteiger partial charge in [-0.25, -0.2) is 0 Å². The second kappa shape index (κ2) is 11.9. The number of fused-ring (bicyclic) bond motifs is 2. The molecule has 0 bridgehead atoms. The van der Waals surface area contributed by atoms with Crippen molar-refractivity contribution in [3.63, 3.8) is 0 Å². The molecule has 1 aliphatic heterocycles. The first-order chi connectivity index (χ1) is 18.9. The summed E-state index contributed by atoms with van der Waals surface area (Å²) in [5.74, 6) is -2.30. The van der Waals surface area contributed by atoms with Crippen molar-refractivity contribution in [3.05, 3.63) is 83.2 Å². The zero-order valence-corrected chi connectivity index (χ0v) is 22.4. The molecule has 0 radical (unpaired) electrons. The Morgan fingerprint density at radius 1 is 1.05 bits per heavy atom. The van der Waals surface area contributed by atoms with Crippen LogP contribution in [-0.4, -0.2) is 43.1 Å². The fraction of sp³-hybridized carbons (Fsp3) is 0.300. The van der Waals surface area contributed by atoms with Crippen LogP contribution in [0.5, 0.6) is 0 Å². The first-order valence-electron chi connectivity index (χ1n) is 13.2. The van der Waals surface area contributed by atoms with Gasteiger partial charge in [-0.15, -0.1) is 11.3 Å².